The average Bonchev–Trinajstić information content (AvgIpc) is 2.43. The fraction of sp³-hybridized carbons (Fsp3) is 0.600. The van der Waals surface area contributed by atoms with Gasteiger partial charge in [-0.1, -0.05) is 26.0 Å². The van der Waals surface area contributed by atoms with Crippen molar-refractivity contribution < 1.29 is 18.3 Å². The number of aliphatic hydroxyl groups is 1. The number of sulfonamides is 1. The van der Waals surface area contributed by atoms with Crippen molar-refractivity contribution >= 4 is 10.0 Å². The Bertz CT molecular complexity index is 610. The number of rotatable bonds is 5. The third-order valence-corrected chi connectivity index (χ3v) is 5.88. The lowest BCUT2D eigenvalue weighted by molar-refractivity contribution is -0.0908. The molecule has 2 rings (SSSR count). The maximum Gasteiger partial charge on any atom is 0.240 e. The van der Waals surface area contributed by atoms with Crippen LogP contribution in [0.25, 0.3) is 0 Å². The van der Waals surface area contributed by atoms with Gasteiger partial charge in [0.15, 0.2) is 0 Å². The molecule has 6 heteroatoms. The summed E-state index contributed by atoms with van der Waals surface area (Å²) in [5, 5.41) is 9.57. The summed E-state index contributed by atoms with van der Waals surface area (Å²) in [4.78, 5) is 0.178. The van der Waals surface area contributed by atoms with Gasteiger partial charge in [-0.05, 0) is 31.0 Å². The number of aliphatic hydroxyl groups excluding tert-OH is 1. The lowest BCUT2D eigenvalue weighted by atomic mass is 9.65. The van der Waals surface area contributed by atoms with E-state index >= 15 is 0 Å². The van der Waals surface area contributed by atoms with Crippen molar-refractivity contribution in [2.75, 3.05) is 7.11 Å². The summed E-state index contributed by atoms with van der Waals surface area (Å²) in [6.07, 6.45) is 0.0332. The lowest BCUT2D eigenvalue weighted by Gasteiger charge is -2.50. The number of methoxy groups -OCH3 is 1. The van der Waals surface area contributed by atoms with E-state index in [1.165, 1.54) is 12.1 Å². The number of ether oxygens (including phenoxy) is 1. The molecule has 1 aliphatic rings. The van der Waals surface area contributed by atoms with Crippen LogP contribution in [0.1, 0.15) is 38.9 Å². The van der Waals surface area contributed by atoms with E-state index in [9.17, 15) is 13.5 Å². The zero-order valence-corrected chi connectivity index (χ0v) is 13.6. The van der Waals surface area contributed by atoms with E-state index in [0.29, 0.717) is 12.0 Å². The van der Waals surface area contributed by atoms with Crippen molar-refractivity contribution in [3.63, 3.8) is 0 Å². The fourth-order valence-electron chi connectivity index (χ4n) is 2.68. The second-order valence-electron chi connectivity index (χ2n) is 6.20. The van der Waals surface area contributed by atoms with E-state index in [1.54, 1.807) is 26.2 Å². The van der Waals surface area contributed by atoms with Crippen LogP contribution < -0.4 is 4.72 Å². The molecule has 118 valence electrons. The topological polar surface area (TPSA) is 75.6 Å². The predicted octanol–water partition coefficient (Wildman–Crippen LogP) is 1.83. The Morgan fingerprint density at radius 2 is 2.10 bits per heavy atom. The summed E-state index contributed by atoms with van der Waals surface area (Å²) in [7, 11) is -1.95. The molecule has 5 nitrogen and oxygen atoms in total. The van der Waals surface area contributed by atoms with Gasteiger partial charge in [-0.15, -0.1) is 0 Å². The molecule has 2 N–H and O–H groups in total. The van der Waals surface area contributed by atoms with E-state index < -0.39 is 16.1 Å². The summed E-state index contributed by atoms with van der Waals surface area (Å²) in [6.45, 7) is 5.59. The minimum atomic E-state index is -3.60. The molecule has 1 aromatic rings. The zero-order chi connectivity index (χ0) is 15.8. The third-order valence-electron chi connectivity index (χ3n) is 4.41. The number of hydrogen-bond acceptors (Lipinski definition) is 4. The molecule has 21 heavy (non-hydrogen) atoms. The Morgan fingerprint density at radius 1 is 1.43 bits per heavy atom. The first kappa shape index (κ1) is 16.4. The largest absolute Gasteiger partial charge is 0.389 e. The maximum absolute atomic E-state index is 12.5. The van der Waals surface area contributed by atoms with Crippen LogP contribution in [0.5, 0.6) is 0 Å². The highest BCUT2D eigenvalue weighted by Crippen LogP contribution is 2.43. The summed E-state index contributed by atoms with van der Waals surface area (Å²) in [6, 6.07) is 6.24. The van der Waals surface area contributed by atoms with E-state index in [4.69, 9.17) is 4.74 Å². The molecule has 0 saturated heterocycles. The quantitative estimate of drug-likeness (QED) is 0.869. The minimum absolute atomic E-state index is 0.0639. The van der Waals surface area contributed by atoms with Crippen LogP contribution in [0.15, 0.2) is 29.2 Å². The molecule has 0 spiro atoms. The summed E-state index contributed by atoms with van der Waals surface area (Å²) < 4.78 is 33.0. The van der Waals surface area contributed by atoms with Crippen molar-refractivity contribution in [2.24, 2.45) is 5.41 Å². The molecule has 3 unspecified atom stereocenters. The molecule has 0 aromatic heterocycles. The molecule has 1 aromatic carbocycles. The van der Waals surface area contributed by atoms with Gasteiger partial charge >= 0.3 is 0 Å². The standard InChI is InChI=1S/C15H23NO4S/c1-10(17)11-6-5-7-12(8-11)21(18,19)16-13-9-14(20-4)15(13,2)3/h5-8,10,13-14,16-17H,9H2,1-4H3. The van der Waals surface area contributed by atoms with Gasteiger partial charge in [-0.3, -0.25) is 0 Å². The van der Waals surface area contributed by atoms with Crippen molar-refractivity contribution in [1.29, 1.82) is 0 Å². The van der Waals surface area contributed by atoms with E-state index in [2.05, 4.69) is 4.72 Å². The SMILES string of the molecule is COC1CC(NS(=O)(=O)c2cccc(C(C)O)c2)C1(C)C. The first-order valence-corrected chi connectivity index (χ1v) is 8.50. The second-order valence-corrected chi connectivity index (χ2v) is 7.92. The molecule has 1 fully saturated rings. The van der Waals surface area contributed by atoms with Gasteiger partial charge in [0, 0.05) is 18.6 Å². The van der Waals surface area contributed by atoms with Crippen molar-refractivity contribution in [2.45, 2.75) is 50.3 Å². The molecule has 0 aliphatic heterocycles. The predicted molar refractivity (Wildman–Crippen MR) is 80.4 cm³/mol. The monoisotopic (exact) mass is 313 g/mol. The van der Waals surface area contributed by atoms with Crippen LogP contribution >= 0.6 is 0 Å². The van der Waals surface area contributed by atoms with Crippen molar-refractivity contribution in [3.05, 3.63) is 29.8 Å². The number of benzene rings is 1. The maximum atomic E-state index is 12.5. The van der Waals surface area contributed by atoms with Crippen LogP contribution in [-0.2, 0) is 14.8 Å². The highest BCUT2D eigenvalue weighted by molar-refractivity contribution is 7.89. The minimum Gasteiger partial charge on any atom is -0.389 e. The van der Waals surface area contributed by atoms with Crippen LogP contribution in [0.3, 0.4) is 0 Å². The molecule has 1 aliphatic carbocycles. The Balaban J connectivity index is 2.18. The summed E-state index contributed by atoms with van der Waals surface area (Å²) >= 11 is 0. The van der Waals surface area contributed by atoms with Crippen LogP contribution in [0.4, 0.5) is 0 Å². The molecule has 3 atom stereocenters. The number of hydrogen-bond donors (Lipinski definition) is 2. The van der Waals surface area contributed by atoms with Gasteiger partial charge in [0.05, 0.1) is 17.1 Å². The van der Waals surface area contributed by atoms with Gasteiger partial charge in [0.1, 0.15) is 0 Å². The Hall–Kier alpha value is -0.950. The lowest BCUT2D eigenvalue weighted by Crippen LogP contribution is -2.61. The first-order valence-electron chi connectivity index (χ1n) is 7.01. The summed E-state index contributed by atoms with van der Waals surface area (Å²) in [5.74, 6) is 0. The van der Waals surface area contributed by atoms with E-state index in [-0.39, 0.29) is 22.5 Å². The fourth-order valence-corrected chi connectivity index (χ4v) is 4.14. The molecular formula is C15H23NO4S. The van der Waals surface area contributed by atoms with E-state index in [0.717, 1.165) is 0 Å². The molecule has 0 bridgehead atoms. The van der Waals surface area contributed by atoms with Gasteiger partial charge in [-0.2, -0.15) is 0 Å². The van der Waals surface area contributed by atoms with Crippen LogP contribution in [-0.4, -0.2) is 32.8 Å². The third kappa shape index (κ3) is 3.13. The summed E-state index contributed by atoms with van der Waals surface area (Å²) in [5.41, 5.74) is 0.351. The van der Waals surface area contributed by atoms with Gasteiger partial charge < -0.3 is 9.84 Å². The second kappa shape index (κ2) is 5.68. The highest BCUT2D eigenvalue weighted by atomic mass is 32.2. The molecule has 0 amide bonds. The van der Waals surface area contributed by atoms with Gasteiger partial charge in [-0.25, -0.2) is 13.1 Å². The van der Waals surface area contributed by atoms with Crippen LogP contribution in [0, 0.1) is 5.41 Å². The van der Waals surface area contributed by atoms with E-state index in [1.807, 2.05) is 13.8 Å². The normalized spacial score (nSPS) is 26.1. The van der Waals surface area contributed by atoms with Gasteiger partial charge in [0.25, 0.3) is 0 Å². The van der Waals surface area contributed by atoms with Crippen molar-refractivity contribution in [3.8, 4) is 0 Å². The number of nitrogens with one attached hydrogen (secondary N) is 1. The Morgan fingerprint density at radius 3 is 2.62 bits per heavy atom. The first-order chi connectivity index (χ1) is 9.68. The average molecular weight is 313 g/mol. The van der Waals surface area contributed by atoms with Crippen molar-refractivity contribution in [1.82, 2.24) is 4.72 Å². The van der Waals surface area contributed by atoms with Gasteiger partial charge in [0.2, 0.25) is 10.0 Å². The molecular weight excluding hydrogens is 290 g/mol. The Labute approximate surface area is 126 Å². The smallest absolute Gasteiger partial charge is 0.240 e. The Kier molecular flexibility index (Phi) is 4.44. The molecule has 1 saturated carbocycles. The zero-order valence-electron chi connectivity index (χ0n) is 12.8. The van der Waals surface area contributed by atoms with Crippen LogP contribution in [0.2, 0.25) is 0 Å². The molecule has 0 radical (unpaired) electrons. The highest BCUT2D eigenvalue weighted by Gasteiger charge is 2.50. The molecule has 0 heterocycles.